The van der Waals surface area contributed by atoms with Crippen LogP contribution in [0.1, 0.15) is 24.5 Å². The fraction of sp³-hybridized carbons (Fsp3) is 0.235. The molecule has 0 aliphatic rings. The zero-order chi connectivity index (χ0) is 15.2. The van der Waals surface area contributed by atoms with Gasteiger partial charge in [0.1, 0.15) is 0 Å². The van der Waals surface area contributed by atoms with Crippen LogP contribution in [0.4, 0.5) is 11.4 Å². The number of nitriles is 1. The van der Waals surface area contributed by atoms with E-state index >= 15 is 0 Å². The summed E-state index contributed by atoms with van der Waals surface area (Å²) in [7, 11) is 0. The largest absolute Gasteiger partial charge is 0.399 e. The number of nitrogens with zero attached hydrogens (tertiary/aromatic N) is 2. The Morgan fingerprint density at radius 2 is 1.90 bits per heavy atom. The van der Waals surface area contributed by atoms with Crippen LogP contribution in [0.15, 0.2) is 46.9 Å². The van der Waals surface area contributed by atoms with E-state index in [4.69, 9.17) is 11.0 Å². The lowest BCUT2D eigenvalue weighted by Crippen LogP contribution is -2.23. The molecule has 0 saturated carbocycles. The van der Waals surface area contributed by atoms with Gasteiger partial charge in [-0.1, -0.05) is 19.1 Å². The minimum atomic E-state index is 0.662. The summed E-state index contributed by atoms with van der Waals surface area (Å²) in [6.45, 7) is 3.93. The summed E-state index contributed by atoms with van der Waals surface area (Å²) in [5.74, 6) is 0. The lowest BCUT2D eigenvalue weighted by molar-refractivity contribution is 0.766. The van der Waals surface area contributed by atoms with E-state index in [-0.39, 0.29) is 0 Å². The van der Waals surface area contributed by atoms with Gasteiger partial charge in [0.2, 0.25) is 0 Å². The molecule has 0 amide bonds. The molecule has 2 N–H and O–H groups in total. The first kappa shape index (κ1) is 15.4. The smallest absolute Gasteiger partial charge is 0.0992 e. The van der Waals surface area contributed by atoms with Crippen molar-refractivity contribution in [2.24, 2.45) is 0 Å². The van der Waals surface area contributed by atoms with Gasteiger partial charge in [-0.05, 0) is 58.2 Å². The summed E-state index contributed by atoms with van der Waals surface area (Å²) in [4.78, 5) is 2.30. The summed E-state index contributed by atoms with van der Waals surface area (Å²) >= 11 is 3.57. The van der Waals surface area contributed by atoms with Crippen LogP contribution in [0.2, 0.25) is 0 Å². The Kier molecular flexibility index (Phi) is 5.24. The van der Waals surface area contributed by atoms with Gasteiger partial charge in [0.15, 0.2) is 0 Å². The zero-order valence-corrected chi connectivity index (χ0v) is 13.6. The van der Waals surface area contributed by atoms with Gasteiger partial charge < -0.3 is 10.6 Å². The van der Waals surface area contributed by atoms with Crippen molar-refractivity contribution in [3.05, 3.63) is 58.1 Å². The van der Waals surface area contributed by atoms with Crippen LogP contribution in [0, 0.1) is 11.3 Å². The van der Waals surface area contributed by atoms with Crippen molar-refractivity contribution in [1.82, 2.24) is 0 Å². The molecule has 2 aromatic carbocycles. The molecule has 2 aromatic rings. The molecule has 0 aliphatic heterocycles. The van der Waals surface area contributed by atoms with Crippen LogP contribution in [0.5, 0.6) is 0 Å². The van der Waals surface area contributed by atoms with E-state index < -0.39 is 0 Å². The third-order valence-corrected chi connectivity index (χ3v) is 3.90. The predicted octanol–water partition coefficient (Wildman–Crippen LogP) is 4.32. The molecule has 0 bridgehead atoms. The normalized spacial score (nSPS) is 10.1. The van der Waals surface area contributed by atoms with Gasteiger partial charge in [-0.3, -0.25) is 0 Å². The third kappa shape index (κ3) is 3.99. The number of rotatable bonds is 5. The Hall–Kier alpha value is -1.99. The third-order valence-electron chi connectivity index (χ3n) is 3.26. The molecule has 0 heterocycles. The maximum absolute atomic E-state index is 8.96. The highest BCUT2D eigenvalue weighted by Crippen LogP contribution is 2.28. The Balaban J connectivity index is 2.26. The van der Waals surface area contributed by atoms with Crippen LogP contribution in [0.25, 0.3) is 0 Å². The van der Waals surface area contributed by atoms with Crippen molar-refractivity contribution in [3.63, 3.8) is 0 Å². The fourth-order valence-corrected chi connectivity index (χ4v) is 2.86. The summed E-state index contributed by atoms with van der Waals surface area (Å²) in [5.41, 5.74) is 9.49. The topological polar surface area (TPSA) is 53.0 Å². The van der Waals surface area contributed by atoms with Gasteiger partial charge in [-0.2, -0.15) is 5.26 Å². The lowest BCUT2D eigenvalue weighted by atomic mass is 10.1. The molecule has 0 spiro atoms. The van der Waals surface area contributed by atoms with Gasteiger partial charge in [0.25, 0.3) is 0 Å². The van der Waals surface area contributed by atoms with Crippen molar-refractivity contribution in [2.45, 2.75) is 19.9 Å². The molecular formula is C17H18BrN3. The average molecular weight is 344 g/mol. The number of nitrogen functional groups attached to an aromatic ring is 1. The monoisotopic (exact) mass is 343 g/mol. The quantitative estimate of drug-likeness (QED) is 0.822. The highest BCUT2D eigenvalue weighted by molar-refractivity contribution is 9.10. The van der Waals surface area contributed by atoms with Crippen LogP contribution in [0.3, 0.4) is 0 Å². The number of hydrogen-bond donors (Lipinski definition) is 1. The SMILES string of the molecule is CCCN(Cc1ccc(N)cc1)c1ccc(C#N)cc1Br. The second-order valence-corrected chi connectivity index (χ2v) is 5.80. The van der Waals surface area contributed by atoms with Crippen LogP contribution in [-0.4, -0.2) is 6.54 Å². The summed E-state index contributed by atoms with van der Waals surface area (Å²) in [6, 6.07) is 15.8. The Bertz CT molecular complexity index is 644. The molecule has 3 nitrogen and oxygen atoms in total. The van der Waals surface area contributed by atoms with E-state index in [1.54, 1.807) is 0 Å². The highest BCUT2D eigenvalue weighted by atomic mass is 79.9. The van der Waals surface area contributed by atoms with Crippen molar-refractivity contribution in [2.75, 3.05) is 17.2 Å². The van der Waals surface area contributed by atoms with Gasteiger partial charge >= 0.3 is 0 Å². The fourth-order valence-electron chi connectivity index (χ4n) is 2.23. The van der Waals surface area contributed by atoms with E-state index in [1.165, 1.54) is 5.56 Å². The average Bonchev–Trinajstić information content (AvgIpc) is 2.49. The van der Waals surface area contributed by atoms with Crippen LogP contribution >= 0.6 is 15.9 Å². The number of halogens is 1. The first-order valence-corrected chi connectivity index (χ1v) is 7.72. The van der Waals surface area contributed by atoms with Gasteiger partial charge in [-0.15, -0.1) is 0 Å². The molecule has 0 atom stereocenters. The van der Waals surface area contributed by atoms with Crippen molar-refractivity contribution < 1.29 is 0 Å². The van der Waals surface area contributed by atoms with Crippen molar-refractivity contribution in [3.8, 4) is 6.07 Å². The lowest BCUT2D eigenvalue weighted by Gasteiger charge is -2.26. The molecule has 0 aliphatic carbocycles. The summed E-state index contributed by atoms with van der Waals surface area (Å²) < 4.78 is 0.949. The van der Waals surface area contributed by atoms with Gasteiger partial charge in [0.05, 0.1) is 17.3 Å². The molecule has 2 rings (SSSR count). The van der Waals surface area contributed by atoms with E-state index in [9.17, 15) is 0 Å². The van der Waals surface area contributed by atoms with E-state index in [1.807, 2.05) is 30.3 Å². The van der Waals surface area contributed by atoms with Crippen molar-refractivity contribution >= 4 is 27.3 Å². The van der Waals surface area contributed by atoms with Gasteiger partial charge in [0, 0.05) is 23.2 Å². The van der Waals surface area contributed by atoms with Crippen LogP contribution in [-0.2, 0) is 6.54 Å². The van der Waals surface area contributed by atoms with E-state index in [2.05, 4.69) is 46.0 Å². The minimum Gasteiger partial charge on any atom is -0.399 e. The molecule has 21 heavy (non-hydrogen) atoms. The summed E-state index contributed by atoms with van der Waals surface area (Å²) in [5, 5.41) is 8.96. The molecule has 0 unspecified atom stereocenters. The molecular weight excluding hydrogens is 326 g/mol. The molecule has 0 fully saturated rings. The molecule has 0 aromatic heterocycles. The first-order valence-electron chi connectivity index (χ1n) is 6.93. The number of hydrogen-bond acceptors (Lipinski definition) is 3. The maximum Gasteiger partial charge on any atom is 0.0992 e. The van der Waals surface area contributed by atoms with Crippen LogP contribution < -0.4 is 10.6 Å². The Morgan fingerprint density at radius 3 is 2.48 bits per heavy atom. The molecule has 108 valence electrons. The second kappa shape index (κ2) is 7.14. The maximum atomic E-state index is 8.96. The van der Waals surface area contributed by atoms with E-state index in [0.29, 0.717) is 5.56 Å². The Labute approximate surface area is 134 Å². The summed E-state index contributed by atoms with van der Waals surface area (Å²) in [6.07, 6.45) is 1.06. The first-order chi connectivity index (χ1) is 10.1. The number of benzene rings is 2. The Morgan fingerprint density at radius 1 is 1.19 bits per heavy atom. The highest BCUT2D eigenvalue weighted by Gasteiger charge is 2.11. The zero-order valence-electron chi connectivity index (χ0n) is 12.0. The van der Waals surface area contributed by atoms with E-state index in [0.717, 1.165) is 35.4 Å². The number of nitrogens with two attached hydrogens (primary N) is 1. The minimum absolute atomic E-state index is 0.662. The van der Waals surface area contributed by atoms with Gasteiger partial charge in [-0.25, -0.2) is 0 Å². The second-order valence-electron chi connectivity index (χ2n) is 4.94. The molecule has 4 heteroatoms. The predicted molar refractivity (Wildman–Crippen MR) is 91.1 cm³/mol. The number of anilines is 2. The molecule has 0 radical (unpaired) electrons. The standard InChI is InChI=1S/C17H18BrN3/c1-2-9-21(12-13-3-6-15(20)7-4-13)17-8-5-14(11-19)10-16(17)18/h3-8,10H,2,9,12,20H2,1H3. The van der Waals surface area contributed by atoms with Crippen molar-refractivity contribution in [1.29, 1.82) is 5.26 Å². The molecule has 0 saturated heterocycles.